The number of benzene rings is 2. The van der Waals surface area contributed by atoms with Crippen molar-refractivity contribution in [1.82, 2.24) is 4.90 Å². The molecule has 2 aromatic rings. The summed E-state index contributed by atoms with van der Waals surface area (Å²) in [7, 11) is 3.67. The molecule has 0 aromatic heterocycles. The fourth-order valence-corrected chi connectivity index (χ4v) is 2.37. The first-order valence-corrected chi connectivity index (χ1v) is 7.05. The first kappa shape index (κ1) is 15.5. The van der Waals surface area contributed by atoms with Gasteiger partial charge in [0.1, 0.15) is 12.0 Å². The van der Waals surface area contributed by atoms with Gasteiger partial charge in [0.25, 0.3) is 0 Å². The van der Waals surface area contributed by atoms with E-state index in [0.29, 0.717) is 12.1 Å². The highest BCUT2D eigenvalue weighted by Crippen LogP contribution is 2.21. The normalized spacial score (nSPS) is 10.7. The van der Waals surface area contributed by atoms with Crippen molar-refractivity contribution in [3.05, 3.63) is 64.2 Å². The Kier molecular flexibility index (Phi) is 5.37. The molecule has 0 heterocycles. The summed E-state index contributed by atoms with van der Waals surface area (Å²) in [5, 5.41) is 0.738. The molecule has 0 aliphatic heterocycles. The average molecular weight is 304 g/mol. The third kappa shape index (κ3) is 4.31. The van der Waals surface area contributed by atoms with E-state index in [4.69, 9.17) is 16.3 Å². The first-order chi connectivity index (χ1) is 10.1. The van der Waals surface area contributed by atoms with Crippen LogP contribution >= 0.6 is 11.6 Å². The second-order valence-corrected chi connectivity index (χ2v) is 5.42. The van der Waals surface area contributed by atoms with E-state index in [-0.39, 0.29) is 0 Å². The molecule has 3 nitrogen and oxygen atoms in total. The number of carbonyl (C=O) groups is 1. The molecular formula is C17H18ClNO2. The number of halogens is 1. The van der Waals surface area contributed by atoms with E-state index in [0.717, 1.165) is 29.2 Å². The van der Waals surface area contributed by atoms with E-state index >= 15 is 0 Å². The number of aldehydes is 1. The zero-order valence-corrected chi connectivity index (χ0v) is 12.9. The smallest absolute Gasteiger partial charge is 0.150 e. The van der Waals surface area contributed by atoms with Crippen molar-refractivity contribution in [2.24, 2.45) is 0 Å². The molecule has 0 bridgehead atoms. The summed E-state index contributed by atoms with van der Waals surface area (Å²) >= 11 is 5.89. The van der Waals surface area contributed by atoms with Crippen molar-refractivity contribution in [2.75, 3.05) is 14.2 Å². The topological polar surface area (TPSA) is 29.5 Å². The summed E-state index contributed by atoms with van der Waals surface area (Å²) in [6.45, 7) is 1.50. The highest BCUT2D eigenvalue weighted by molar-refractivity contribution is 6.30. The van der Waals surface area contributed by atoms with Gasteiger partial charge in [-0.05, 0) is 42.9 Å². The fraction of sp³-hybridized carbons (Fsp3) is 0.235. The van der Waals surface area contributed by atoms with Gasteiger partial charge in [-0.2, -0.15) is 0 Å². The van der Waals surface area contributed by atoms with E-state index in [1.165, 1.54) is 5.56 Å². The summed E-state index contributed by atoms with van der Waals surface area (Å²) in [5.41, 5.74) is 2.84. The fourth-order valence-electron chi connectivity index (χ4n) is 2.24. The van der Waals surface area contributed by atoms with E-state index in [1.54, 1.807) is 13.2 Å². The van der Waals surface area contributed by atoms with E-state index in [2.05, 4.69) is 4.90 Å². The van der Waals surface area contributed by atoms with Crippen LogP contribution in [-0.4, -0.2) is 25.3 Å². The van der Waals surface area contributed by atoms with Gasteiger partial charge in [0, 0.05) is 29.2 Å². The minimum Gasteiger partial charge on any atom is -0.496 e. The molecule has 0 fully saturated rings. The molecule has 0 aliphatic rings. The second-order valence-electron chi connectivity index (χ2n) is 4.99. The third-order valence-electron chi connectivity index (χ3n) is 3.25. The summed E-state index contributed by atoms with van der Waals surface area (Å²) in [6, 6.07) is 13.3. The maximum Gasteiger partial charge on any atom is 0.150 e. The Hall–Kier alpha value is -1.84. The van der Waals surface area contributed by atoms with Crippen LogP contribution in [0.4, 0.5) is 0 Å². The molecule has 0 aliphatic carbocycles. The molecule has 0 unspecified atom stereocenters. The monoisotopic (exact) mass is 303 g/mol. The summed E-state index contributed by atoms with van der Waals surface area (Å²) in [4.78, 5) is 13.1. The number of carbonyl (C=O) groups excluding carboxylic acids is 1. The van der Waals surface area contributed by atoms with Gasteiger partial charge in [-0.25, -0.2) is 0 Å². The molecule has 0 spiro atoms. The molecule has 2 aromatic carbocycles. The predicted octanol–water partition coefficient (Wildman–Crippen LogP) is 3.79. The molecule has 2 rings (SSSR count). The SMILES string of the molecule is COc1ccc(C=O)cc1CN(C)Cc1ccc(Cl)cc1. The van der Waals surface area contributed by atoms with Crippen LogP contribution in [0.3, 0.4) is 0 Å². The van der Waals surface area contributed by atoms with Crippen molar-refractivity contribution in [3.63, 3.8) is 0 Å². The van der Waals surface area contributed by atoms with Gasteiger partial charge in [0.15, 0.2) is 0 Å². The summed E-state index contributed by atoms with van der Waals surface area (Å²) < 4.78 is 5.35. The van der Waals surface area contributed by atoms with Gasteiger partial charge in [-0.15, -0.1) is 0 Å². The molecule has 0 saturated heterocycles. The van der Waals surface area contributed by atoms with E-state index in [9.17, 15) is 4.79 Å². The number of hydrogen-bond acceptors (Lipinski definition) is 3. The van der Waals surface area contributed by atoms with Gasteiger partial charge < -0.3 is 4.74 Å². The van der Waals surface area contributed by atoms with Crippen molar-refractivity contribution in [2.45, 2.75) is 13.1 Å². The van der Waals surface area contributed by atoms with Crippen molar-refractivity contribution >= 4 is 17.9 Å². The van der Waals surface area contributed by atoms with E-state index < -0.39 is 0 Å². The molecule has 0 radical (unpaired) electrons. The molecule has 0 N–H and O–H groups in total. The Morgan fingerprint density at radius 1 is 1.14 bits per heavy atom. The lowest BCUT2D eigenvalue weighted by atomic mass is 10.1. The average Bonchev–Trinajstić information content (AvgIpc) is 2.49. The largest absolute Gasteiger partial charge is 0.496 e. The highest BCUT2D eigenvalue weighted by Gasteiger charge is 2.08. The van der Waals surface area contributed by atoms with Crippen LogP contribution in [0.2, 0.25) is 5.02 Å². The quantitative estimate of drug-likeness (QED) is 0.760. The Morgan fingerprint density at radius 3 is 2.48 bits per heavy atom. The van der Waals surface area contributed by atoms with Crippen LogP contribution in [-0.2, 0) is 13.1 Å². The second kappa shape index (κ2) is 7.25. The van der Waals surface area contributed by atoms with Gasteiger partial charge in [0.05, 0.1) is 7.11 Å². The van der Waals surface area contributed by atoms with Crippen LogP contribution in [0.15, 0.2) is 42.5 Å². The molecule has 4 heteroatoms. The minimum atomic E-state index is 0.658. The maximum absolute atomic E-state index is 10.9. The molecule has 21 heavy (non-hydrogen) atoms. The number of ether oxygens (including phenoxy) is 1. The summed E-state index contributed by atoms with van der Waals surface area (Å²) in [6.07, 6.45) is 0.849. The number of methoxy groups -OCH3 is 1. The van der Waals surface area contributed by atoms with Crippen molar-refractivity contribution < 1.29 is 9.53 Å². The zero-order chi connectivity index (χ0) is 15.2. The van der Waals surface area contributed by atoms with Crippen LogP contribution in [0.25, 0.3) is 0 Å². The lowest BCUT2D eigenvalue weighted by molar-refractivity contribution is 0.112. The van der Waals surface area contributed by atoms with Crippen LogP contribution in [0.5, 0.6) is 5.75 Å². The third-order valence-corrected chi connectivity index (χ3v) is 3.50. The zero-order valence-electron chi connectivity index (χ0n) is 12.2. The summed E-state index contributed by atoms with van der Waals surface area (Å²) in [5.74, 6) is 0.795. The predicted molar refractivity (Wildman–Crippen MR) is 85.0 cm³/mol. The van der Waals surface area contributed by atoms with Gasteiger partial charge in [-0.1, -0.05) is 23.7 Å². The number of rotatable bonds is 6. The van der Waals surface area contributed by atoms with Crippen LogP contribution in [0, 0.1) is 0 Å². The minimum absolute atomic E-state index is 0.658. The number of hydrogen-bond donors (Lipinski definition) is 0. The Balaban J connectivity index is 2.09. The highest BCUT2D eigenvalue weighted by atomic mass is 35.5. The standard InChI is InChI=1S/C17H18ClNO2/c1-19(10-13-3-6-16(18)7-4-13)11-15-9-14(12-20)5-8-17(15)21-2/h3-9,12H,10-11H2,1-2H3. The molecule has 0 saturated carbocycles. The molecule has 0 amide bonds. The van der Waals surface area contributed by atoms with Crippen LogP contribution in [0.1, 0.15) is 21.5 Å². The lowest BCUT2D eigenvalue weighted by Gasteiger charge is -2.19. The Bertz CT molecular complexity index is 611. The lowest BCUT2D eigenvalue weighted by Crippen LogP contribution is -2.17. The Morgan fingerprint density at radius 2 is 1.86 bits per heavy atom. The first-order valence-electron chi connectivity index (χ1n) is 6.67. The van der Waals surface area contributed by atoms with Gasteiger partial charge in [-0.3, -0.25) is 9.69 Å². The number of nitrogens with zero attached hydrogens (tertiary/aromatic N) is 1. The molecule has 0 atom stereocenters. The van der Waals surface area contributed by atoms with Crippen molar-refractivity contribution in [3.8, 4) is 5.75 Å². The van der Waals surface area contributed by atoms with Gasteiger partial charge >= 0.3 is 0 Å². The molecule has 110 valence electrons. The van der Waals surface area contributed by atoms with E-state index in [1.807, 2.05) is 43.4 Å². The van der Waals surface area contributed by atoms with Crippen LogP contribution < -0.4 is 4.74 Å². The molecular weight excluding hydrogens is 286 g/mol. The van der Waals surface area contributed by atoms with Gasteiger partial charge in [0.2, 0.25) is 0 Å². The Labute approximate surface area is 130 Å². The van der Waals surface area contributed by atoms with Crippen molar-refractivity contribution in [1.29, 1.82) is 0 Å². The maximum atomic E-state index is 10.9.